The molecule has 2 aliphatic rings. The summed E-state index contributed by atoms with van der Waals surface area (Å²) >= 11 is 1.58. The van der Waals surface area contributed by atoms with Crippen LogP contribution in [0.2, 0.25) is 0 Å². The summed E-state index contributed by atoms with van der Waals surface area (Å²) in [5.41, 5.74) is 1.74. The van der Waals surface area contributed by atoms with Gasteiger partial charge in [-0.05, 0) is 56.1 Å². The SMILES string of the molecule is COc1ccccc1CN1CCC(CNS(=O)(=O)c2ccc3c(c2)NC(=O)C[C@H](C)S3)CC1. The summed E-state index contributed by atoms with van der Waals surface area (Å²) < 4.78 is 34.1. The minimum Gasteiger partial charge on any atom is -0.496 e. The van der Waals surface area contributed by atoms with Crippen molar-refractivity contribution < 1.29 is 17.9 Å². The van der Waals surface area contributed by atoms with E-state index in [0.717, 1.165) is 43.1 Å². The number of benzene rings is 2. The number of rotatable bonds is 7. The summed E-state index contributed by atoms with van der Waals surface area (Å²) in [4.78, 5) is 15.5. The van der Waals surface area contributed by atoms with Crippen LogP contribution in [0.3, 0.4) is 0 Å². The summed E-state index contributed by atoms with van der Waals surface area (Å²) in [6.07, 6.45) is 2.29. The number of sulfonamides is 1. The fraction of sp³-hybridized carbons (Fsp3) is 0.458. The Morgan fingerprint density at radius 3 is 2.70 bits per heavy atom. The first kappa shape index (κ1) is 24.1. The summed E-state index contributed by atoms with van der Waals surface area (Å²) in [5, 5.41) is 2.99. The molecule has 0 saturated carbocycles. The number of anilines is 1. The third-order valence-electron chi connectivity index (χ3n) is 6.19. The van der Waals surface area contributed by atoms with Crippen LogP contribution < -0.4 is 14.8 Å². The molecule has 9 heteroatoms. The molecule has 1 amide bonds. The molecule has 0 aromatic heterocycles. The van der Waals surface area contributed by atoms with Crippen LogP contribution in [0.5, 0.6) is 5.75 Å². The van der Waals surface area contributed by atoms with Gasteiger partial charge in [0.1, 0.15) is 5.75 Å². The first-order valence-electron chi connectivity index (χ1n) is 11.3. The van der Waals surface area contributed by atoms with E-state index in [1.807, 2.05) is 25.1 Å². The zero-order chi connectivity index (χ0) is 23.4. The molecule has 2 heterocycles. The van der Waals surface area contributed by atoms with E-state index in [0.29, 0.717) is 24.6 Å². The molecule has 0 radical (unpaired) electrons. The number of amides is 1. The molecule has 7 nitrogen and oxygen atoms in total. The largest absolute Gasteiger partial charge is 0.496 e. The molecular weight excluding hydrogens is 458 g/mol. The Kier molecular flexibility index (Phi) is 7.63. The standard InChI is InChI=1S/C24H31N3O4S2/c1-17-13-24(28)26-21-14-20(7-8-23(21)32-17)33(29,30)25-15-18-9-11-27(12-10-18)16-19-5-3-4-6-22(19)31-2/h3-8,14,17-18,25H,9-13,15-16H2,1-2H3,(H,26,28)/t17-/m0/s1. The molecule has 4 rings (SSSR count). The van der Waals surface area contributed by atoms with E-state index >= 15 is 0 Å². The monoisotopic (exact) mass is 489 g/mol. The number of fused-ring (bicyclic) bond motifs is 1. The molecule has 0 unspecified atom stereocenters. The van der Waals surface area contributed by atoms with Gasteiger partial charge in [-0.15, -0.1) is 11.8 Å². The van der Waals surface area contributed by atoms with Gasteiger partial charge in [-0.2, -0.15) is 0 Å². The quantitative estimate of drug-likeness (QED) is 0.617. The van der Waals surface area contributed by atoms with E-state index in [4.69, 9.17) is 4.74 Å². The second-order valence-electron chi connectivity index (χ2n) is 8.72. The van der Waals surface area contributed by atoms with Crippen LogP contribution in [-0.4, -0.2) is 51.2 Å². The van der Waals surface area contributed by atoms with E-state index in [2.05, 4.69) is 21.0 Å². The maximum absolute atomic E-state index is 12.9. The summed E-state index contributed by atoms with van der Waals surface area (Å²) in [6, 6.07) is 13.0. The van der Waals surface area contributed by atoms with Crippen molar-refractivity contribution >= 4 is 33.4 Å². The molecule has 178 valence electrons. The number of hydrogen-bond donors (Lipinski definition) is 2. The molecule has 2 aliphatic heterocycles. The summed E-state index contributed by atoms with van der Waals surface area (Å²) in [5.74, 6) is 1.11. The summed E-state index contributed by atoms with van der Waals surface area (Å²) in [7, 11) is -1.96. The van der Waals surface area contributed by atoms with E-state index in [1.165, 1.54) is 5.56 Å². The fourth-order valence-electron chi connectivity index (χ4n) is 4.33. The van der Waals surface area contributed by atoms with Crippen LogP contribution in [0, 0.1) is 5.92 Å². The third kappa shape index (κ3) is 6.09. The normalized spacial score (nSPS) is 20.1. The Morgan fingerprint density at radius 1 is 1.18 bits per heavy atom. The molecule has 0 spiro atoms. The van der Waals surface area contributed by atoms with Gasteiger partial charge < -0.3 is 10.1 Å². The molecule has 33 heavy (non-hydrogen) atoms. The van der Waals surface area contributed by atoms with Gasteiger partial charge in [-0.1, -0.05) is 25.1 Å². The van der Waals surface area contributed by atoms with Gasteiger partial charge in [0, 0.05) is 35.2 Å². The van der Waals surface area contributed by atoms with Crippen molar-refractivity contribution in [2.75, 3.05) is 32.1 Å². The predicted molar refractivity (Wildman–Crippen MR) is 131 cm³/mol. The number of nitrogens with zero attached hydrogens (tertiary/aromatic N) is 1. The minimum atomic E-state index is -3.65. The Hall–Kier alpha value is -2.07. The smallest absolute Gasteiger partial charge is 0.240 e. The lowest BCUT2D eigenvalue weighted by Gasteiger charge is -2.32. The van der Waals surface area contributed by atoms with Crippen molar-refractivity contribution in [1.82, 2.24) is 9.62 Å². The number of nitrogens with one attached hydrogen (secondary N) is 2. The average molecular weight is 490 g/mol. The van der Waals surface area contributed by atoms with Gasteiger partial charge in [0.05, 0.1) is 17.7 Å². The molecule has 1 fully saturated rings. The number of likely N-dealkylation sites (tertiary alicyclic amines) is 1. The van der Waals surface area contributed by atoms with Gasteiger partial charge in [-0.25, -0.2) is 13.1 Å². The van der Waals surface area contributed by atoms with Gasteiger partial charge >= 0.3 is 0 Å². The Balaban J connectivity index is 1.32. The zero-order valence-corrected chi connectivity index (χ0v) is 20.7. The molecule has 0 aliphatic carbocycles. The molecule has 2 aromatic rings. The van der Waals surface area contributed by atoms with Gasteiger partial charge in [0.25, 0.3) is 0 Å². The number of carbonyl (C=O) groups excluding carboxylic acids is 1. The number of thioether (sulfide) groups is 1. The van der Waals surface area contributed by atoms with Gasteiger partial charge in [0.2, 0.25) is 15.9 Å². The third-order valence-corrected chi connectivity index (χ3v) is 8.79. The second kappa shape index (κ2) is 10.5. The van der Waals surface area contributed by atoms with Crippen LogP contribution in [-0.2, 0) is 21.4 Å². The fourth-order valence-corrected chi connectivity index (χ4v) is 6.53. The number of para-hydroxylation sites is 1. The van der Waals surface area contributed by atoms with Crippen LogP contribution >= 0.6 is 11.8 Å². The first-order chi connectivity index (χ1) is 15.8. The van der Waals surface area contributed by atoms with Crippen LogP contribution in [0.25, 0.3) is 0 Å². The van der Waals surface area contributed by atoms with E-state index < -0.39 is 10.0 Å². The van der Waals surface area contributed by atoms with Crippen molar-refractivity contribution in [2.45, 2.75) is 47.8 Å². The highest BCUT2D eigenvalue weighted by Gasteiger charge is 2.25. The first-order valence-corrected chi connectivity index (χ1v) is 13.6. The highest BCUT2D eigenvalue weighted by atomic mass is 32.2. The Bertz CT molecular complexity index is 1100. The Morgan fingerprint density at radius 2 is 1.94 bits per heavy atom. The predicted octanol–water partition coefficient (Wildman–Crippen LogP) is 3.71. The Labute approximate surface area is 200 Å². The number of carbonyl (C=O) groups is 1. The molecule has 1 atom stereocenters. The summed E-state index contributed by atoms with van der Waals surface area (Å²) in [6.45, 7) is 5.09. The molecule has 0 bridgehead atoms. The number of methoxy groups -OCH3 is 1. The molecule has 1 saturated heterocycles. The minimum absolute atomic E-state index is 0.0869. The van der Waals surface area contributed by atoms with E-state index in [1.54, 1.807) is 37.1 Å². The maximum Gasteiger partial charge on any atom is 0.240 e. The van der Waals surface area contributed by atoms with Crippen LogP contribution in [0.1, 0.15) is 31.7 Å². The van der Waals surface area contributed by atoms with Crippen molar-refractivity contribution in [3.8, 4) is 5.75 Å². The molecule has 2 aromatic carbocycles. The molecule has 2 N–H and O–H groups in total. The van der Waals surface area contributed by atoms with E-state index in [-0.39, 0.29) is 16.1 Å². The van der Waals surface area contributed by atoms with E-state index in [9.17, 15) is 13.2 Å². The lowest BCUT2D eigenvalue weighted by molar-refractivity contribution is -0.116. The van der Waals surface area contributed by atoms with Gasteiger partial charge in [0.15, 0.2) is 0 Å². The number of ether oxygens (including phenoxy) is 1. The van der Waals surface area contributed by atoms with Crippen molar-refractivity contribution in [2.24, 2.45) is 5.92 Å². The lowest BCUT2D eigenvalue weighted by atomic mass is 9.97. The van der Waals surface area contributed by atoms with Crippen molar-refractivity contribution in [1.29, 1.82) is 0 Å². The topological polar surface area (TPSA) is 87.7 Å². The number of piperidine rings is 1. The highest BCUT2D eigenvalue weighted by Crippen LogP contribution is 2.36. The van der Waals surface area contributed by atoms with Crippen LogP contribution in [0.4, 0.5) is 5.69 Å². The van der Waals surface area contributed by atoms with Crippen LogP contribution in [0.15, 0.2) is 52.3 Å². The van der Waals surface area contributed by atoms with Gasteiger partial charge in [-0.3, -0.25) is 9.69 Å². The number of hydrogen-bond acceptors (Lipinski definition) is 6. The van der Waals surface area contributed by atoms with Crippen molar-refractivity contribution in [3.63, 3.8) is 0 Å². The maximum atomic E-state index is 12.9. The zero-order valence-electron chi connectivity index (χ0n) is 19.0. The average Bonchev–Trinajstić information content (AvgIpc) is 2.94. The second-order valence-corrected chi connectivity index (χ2v) is 12.0. The highest BCUT2D eigenvalue weighted by molar-refractivity contribution is 8.00. The lowest BCUT2D eigenvalue weighted by Crippen LogP contribution is -2.38. The van der Waals surface area contributed by atoms with Crippen molar-refractivity contribution in [3.05, 3.63) is 48.0 Å². The molecular formula is C24H31N3O4S2.